The molecule has 10 heteroatoms. The van der Waals surface area contributed by atoms with Gasteiger partial charge < -0.3 is 14.9 Å². The topological polar surface area (TPSA) is 127 Å². The monoisotopic (exact) mass is 495 g/mol. The molecule has 0 fully saturated rings. The number of nitrogens with two attached hydrogens (primary N) is 1. The zero-order valence-electron chi connectivity index (χ0n) is 19.0. The van der Waals surface area contributed by atoms with E-state index in [1.165, 1.54) is 23.7 Å². The van der Waals surface area contributed by atoms with Crippen LogP contribution in [0.15, 0.2) is 67.3 Å². The van der Waals surface area contributed by atoms with Crippen molar-refractivity contribution in [2.45, 2.75) is 19.9 Å². The Labute approximate surface area is 203 Å². The van der Waals surface area contributed by atoms with Crippen molar-refractivity contribution in [3.05, 3.63) is 90.4 Å². The van der Waals surface area contributed by atoms with E-state index in [1.807, 2.05) is 37.3 Å². The molecule has 4 rings (SSSR count). The molecular formula is C25H22ClN3O6. The summed E-state index contributed by atoms with van der Waals surface area (Å²) in [5.74, 6) is -0.849. The third kappa shape index (κ3) is 4.50. The normalized spacial score (nSPS) is 11.1. The first-order valence-corrected chi connectivity index (χ1v) is 11.2. The highest BCUT2D eigenvalue weighted by atomic mass is 35.5. The molecule has 0 spiro atoms. The Balaban J connectivity index is 1.70. The van der Waals surface area contributed by atoms with Gasteiger partial charge in [-0.15, -0.1) is 0 Å². The number of ketones is 1. The van der Waals surface area contributed by atoms with E-state index in [0.717, 1.165) is 10.1 Å². The number of halogens is 1. The number of Topliss-reactive ketones (excluding diaryl/α,β-unsaturated/α-hetero) is 1. The lowest BCUT2D eigenvalue weighted by atomic mass is 10.0. The molecule has 0 saturated carbocycles. The number of ether oxygens (including phenoxy) is 1. The van der Waals surface area contributed by atoms with E-state index in [2.05, 4.69) is 0 Å². The van der Waals surface area contributed by atoms with Gasteiger partial charge >= 0.3 is 11.3 Å². The second kappa shape index (κ2) is 9.63. The van der Waals surface area contributed by atoms with Crippen LogP contribution in [0.1, 0.15) is 23.7 Å². The number of anilines is 1. The zero-order valence-corrected chi connectivity index (χ0v) is 19.8. The summed E-state index contributed by atoms with van der Waals surface area (Å²) in [7, 11) is 1.28. The minimum absolute atomic E-state index is 0.0816. The van der Waals surface area contributed by atoms with E-state index in [4.69, 9.17) is 26.5 Å². The minimum Gasteiger partial charge on any atom is -0.484 e. The van der Waals surface area contributed by atoms with E-state index >= 15 is 0 Å². The molecule has 0 radical (unpaired) electrons. The summed E-state index contributed by atoms with van der Waals surface area (Å²) in [6.45, 7) is 1.52. The van der Waals surface area contributed by atoms with Crippen molar-refractivity contribution in [1.29, 1.82) is 0 Å². The summed E-state index contributed by atoms with van der Waals surface area (Å²) in [6, 6.07) is 13.6. The van der Waals surface area contributed by atoms with Crippen LogP contribution in [-0.2, 0) is 13.6 Å². The predicted molar refractivity (Wildman–Crippen MR) is 133 cm³/mol. The Morgan fingerprint density at radius 3 is 2.51 bits per heavy atom. The molecule has 35 heavy (non-hydrogen) atoms. The second-order valence-corrected chi connectivity index (χ2v) is 8.30. The summed E-state index contributed by atoms with van der Waals surface area (Å²) < 4.78 is 12.9. The van der Waals surface area contributed by atoms with Crippen molar-refractivity contribution in [2.24, 2.45) is 7.05 Å². The quantitative estimate of drug-likeness (QED) is 0.308. The number of carbonyl (C=O) groups is 1. The molecule has 0 atom stereocenters. The summed E-state index contributed by atoms with van der Waals surface area (Å²) in [5, 5.41) is 0.761. The molecule has 0 aliphatic rings. The second-order valence-electron chi connectivity index (χ2n) is 7.89. The molecule has 0 bridgehead atoms. The van der Waals surface area contributed by atoms with Crippen LogP contribution < -0.4 is 27.3 Å². The molecule has 0 amide bonds. The van der Waals surface area contributed by atoms with Crippen LogP contribution in [0, 0.1) is 0 Å². The number of aromatic nitrogens is 2. The first kappa shape index (κ1) is 24.0. The standard InChI is InChI=1S/C25H22ClN3O6/c1-3-9-29-23(27)22(24(32)28(2)25(29)33)18(30)13-34-20-12-19-16(10-17(20)26)15(11-21(31)35-19)14-7-5-4-6-8-14/h4-8,10-12H,3,9,13,27H2,1-2H3. The zero-order chi connectivity index (χ0) is 25.3. The first-order chi connectivity index (χ1) is 16.7. The number of hydrogen-bond acceptors (Lipinski definition) is 7. The van der Waals surface area contributed by atoms with E-state index in [9.17, 15) is 19.2 Å². The lowest BCUT2D eigenvalue weighted by Crippen LogP contribution is -2.43. The Hall–Kier alpha value is -4.11. The van der Waals surface area contributed by atoms with Gasteiger partial charge in [0.25, 0.3) is 5.56 Å². The van der Waals surface area contributed by atoms with Crippen molar-refractivity contribution in [3.63, 3.8) is 0 Å². The number of rotatable bonds is 7. The molecule has 0 aliphatic heterocycles. The molecule has 0 saturated heterocycles. The predicted octanol–water partition coefficient (Wildman–Crippen LogP) is 3.23. The summed E-state index contributed by atoms with van der Waals surface area (Å²) in [4.78, 5) is 50.0. The molecule has 2 aromatic carbocycles. The number of nitrogen functional groups attached to an aromatic ring is 1. The Morgan fingerprint density at radius 2 is 1.83 bits per heavy atom. The molecule has 2 N–H and O–H groups in total. The van der Waals surface area contributed by atoms with Crippen LogP contribution in [0.2, 0.25) is 5.02 Å². The number of carbonyl (C=O) groups excluding carboxylic acids is 1. The van der Waals surface area contributed by atoms with Gasteiger partial charge in [0.15, 0.2) is 6.61 Å². The van der Waals surface area contributed by atoms with Crippen LogP contribution in [0.3, 0.4) is 0 Å². The summed E-state index contributed by atoms with van der Waals surface area (Å²) >= 11 is 6.41. The van der Waals surface area contributed by atoms with Gasteiger partial charge in [0, 0.05) is 31.1 Å². The Bertz CT molecular complexity index is 1620. The molecule has 0 aliphatic carbocycles. The number of benzene rings is 2. The highest BCUT2D eigenvalue weighted by Gasteiger charge is 2.22. The van der Waals surface area contributed by atoms with Crippen LogP contribution >= 0.6 is 11.6 Å². The maximum absolute atomic E-state index is 12.9. The van der Waals surface area contributed by atoms with Gasteiger partial charge in [0.1, 0.15) is 22.7 Å². The van der Waals surface area contributed by atoms with Gasteiger partial charge in [0.2, 0.25) is 5.78 Å². The molecule has 2 heterocycles. The van der Waals surface area contributed by atoms with E-state index in [0.29, 0.717) is 17.4 Å². The molecule has 4 aromatic rings. The highest BCUT2D eigenvalue weighted by Crippen LogP contribution is 2.34. The average Bonchev–Trinajstić information content (AvgIpc) is 2.84. The highest BCUT2D eigenvalue weighted by molar-refractivity contribution is 6.33. The maximum atomic E-state index is 12.9. The van der Waals surface area contributed by atoms with Gasteiger partial charge in [-0.1, -0.05) is 48.9 Å². The Kier molecular flexibility index (Phi) is 6.61. The van der Waals surface area contributed by atoms with Crippen molar-refractivity contribution in [2.75, 3.05) is 12.3 Å². The number of fused-ring (bicyclic) bond motifs is 1. The summed E-state index contributed by atoms with van der Waals surface area (Å²) in [5.41, 5.74) is 5.35. The van der Waals surface area contributed by atoms with Crippen molar-refractivity contribution < 1.29 is 13.9 Å². The minimum atomic E-state index is -0.809. The van der Waals surface area contributed by atoms with Crippen LogP contribution in [0.4, 0.5) is 5.82 Å². The van der Waals surface area contributed by atoms with Crippen molar-refractivity contribution in [3.8, 4) is 16.9 Å². The van der Waals surface area contributed by atoms with Crippen LogP contribution in [-0.4, -0.2) is 21.5 Å². The van der Waals surface area contributed by atoms with Crippen molar-refractivity contribution >= 4 is 34.2 Å². The average molecular weight is 496 g/mol. The van der Waals surface area contributed by atoms with Crippen LogP contribution in [0.5, 0.6) is 5.75 Å². The fourth-order valence-electron chi connectivity index (χ4n) is 3.83. The Morgan fingerprint density at radius 1 is 1.11 bits per heavy atom. The van der Waals surface area contributed by atoms with E-state index in [-0.39, 0.29) is 34.3 Å². The maximum Gasteiger partial charge on any atom is 0.336 e. The molecule has 9 nitrogen and oxygen atoms in total. The first-order valence-electron chi connectivity index (χ1n) is 10.8. The fourth-order valence-corrected chi connectivity index (χ4v) is 4.05. The lowest BCUT2D eigenvalue weighted by Gasteiger charge is -2.14. The SMILES string of the molecule is CCCn1c(N)c(C(=O)COc2cc3oc(=O)cc(-c4ccccc4)c3cc2Cl)c(=O)n(C)c1=O. The van der Waals surface area contributed by atoms with E-state index < -0.39 is 29.3 Å². The molecule has 180 valence electrons. The van der Waals surface area contributed by atoms with Crippen molar-refractivity contribution in [1.82, 2.24) is 9.13 Å². The third-order valence-electron chi connectivity index (χ3n) is 5.55. The number of hydrogen-bond donors (Lipinski definition) is 1. The van der Waals surface area contributed by atoms with Gasteiger partial charge in [-0.25, -0.2) is 9.59 Å². The van der Waals surface area contributed by atoms with Gasteiger partial charge in [0.05, 0.1) is 5.02 Å². The molecule has 0 unspecified atom stereocenters. The molecular weight excluding hydrogens is 474 g/mol. The largest absolute Gasteiger partial charge is 0.484 e. The summed E-state index contributed by atoms with van der Waals surface area (Å²) in [6.07, 6.45) is 0.579. The van der Waals surface area contributed by atoms with Crippen LogP contribution in [0.25, 0.3) is 22.1 Å². The van der Waals surface area contributed by atoms with Gasteiger partial charge in [-0.3, -0.25) is 18.7 Å². The van der Waals surface area contributed by atoms with Gasteiger partial charge in [-0.05, 0) is 23.6 Å². The van der Waals surface area contributed by atoms with E-state index in [1.54, 1.807) is 6.07 Å². The lowest BCUT2D eigenvalue weighted by molar-refractivity contribution is 0.0919. The molecule has 2 aromatic heterocycles. The third-order valence-corrected chi connectivity index (χ3v) is 5.85. The fraction of sp³-hybridized carbons (Fsp3) is 0.200. The number of nitrogens with zero attached hydrogens (tertiary/aromatic N) is 2. The van der Waals surface area contributed by atoms with Gasteiger partial charge in [-0.2, -0.15) is 0 Å². The smallest absolute Gasteiger partial charge is 0.336 e.